The average molecular weight is 480 g/mol. The molecule has 0 aliphatic heterocycles. The van der Waals surface area contributed by atoms with Gasteiger partial charge in [0.25, 0.3) is 5.91 Å². The lowest BCUT2D eigenvalue weighted by atomic mass is 10.0. The molecule has 1 N–H and O–H groups in total. The Morgan fingerprint density at radius 3 is 2.60 bits per heavy atom. The van der Waals surface area contributed by atoms with E-state index in [1.54, 1.807) is 39.9 Å². The number of hydrogen-bond donors (Lipinski definition) is 1. The summed E-state index contributed by atoms with van der Waals surface area (Å²) in [6.07, 6.45) is 3.04. The first-order valence-electron chi connectivity index (χ1n) is 12.0. The van der Waals surface area contributed by atoms with Crippen LogP contribution in [0.2, 0.25) is 0 Å². The van der Waals surface area contributed by atoms with E-state index in [1.165, 1.54) is 12.3 Å². The van der Waals surface area contributed by atoms with Gasteiger partial charge in [-0.3, -0.25) is 4.79 Å². The van der Waals surface area contributed by atoms with E-state index >= 15 is 4.39 Å². The number of amides is 1. The molecule has 4 rings (SSSR count). The summed E-state index contributed by atoms with van der Waals surface area (Å²) in [5.41, 5.74) is 2.39. The molecule has 0 bridgehead atoms. The SMILES string of the molecule is CCOC(C)CN(CC)C(=O)c1cccc(-c2cccc(-n3ncc(C(=O)O)c3C3CC3)c2)c1F. The molecule has 2 aromatic carbocycles. The van der Waals surface area contributed by atoms with Crippen LogP contribution in [0.5, 0.6) is 0 Å². The lowest BCUT2D eigenvalue weighted by molar-refractivity contribution is 0.0390. The highest BCUT2D eigenvalue weighted by atomic mass is 19.1. The number of aromatic carboxylic acids is 1. The Bertz CT molecular complexity index is 1230. The Labute approximate surface area is 204 Å². The van der Waals surface area contributed by atoms with Crippen molar-refractivity contribution in [2.24, 2.45) is 0 Å². The highest BCUT2D eigenvalue weighted by Crippen LogP contribution is 2.42. The fourth-order valence-corrected chi connectivity index (χ4v) is 4.38. The Hall–Kier alpha value is -3.52. The summed E-state index contributed by atoms with van der Waals surface area (Å²) in [4.78, 5) is 26.4. The van der Waals surface area contributed by atoms with Crippen molar-refractivity contribution in [3.63, 3.8) is 0 Å². The van der Waals surface area contributed by atoms with Gasteiger partial charge in [-0.05, 0) is 57.4 Å². The number of halogens is 1. The fraction of sp³-hybridized carbons (Fsp3) is 0.370. The summed E-state index contributed by atoms with van der Waals surface area (Å²) in [7, 11) is 0. The molecule has 0 saturated heterocycles. The van der Waals surface area contributed by atoms with E-state index in [4.69, 9.17) is 4.74 Å². The molecule has 1 aliphatic carbocycles. The first-order chi connectivity index (χ1) is 16.8. The fourth-order valence-electron chi connectivity index (χ4n) is 4.38. The van der Waals surface area contributed by atoms with Gasteiger partial charge < -0.3 is 14.7 Å². The molecule has 3 aromatic rings. The topological polar surface area (TPSA) is 84.7 Å². The maximum Gasteiger partial charge on any atom is 0.339 e. The summed E-state index contributed by atoms with van der Waals surface area (Å²) in [6.45, 7) is 6.99. The Kier molecular flexibility index (Phi) is 7.31. The van der Waals surface area contributed by atoms with Gasteiger partial charge in [-0.25, -0.2) is 13.9 Å². The maximum absolute atomic E-state index is 15.7. The van der Waals surface area contributed by atoms with Crippen LogP contribution in [-0.4, -0.2) is 57.5 Å². The van der Waals surface area contributed by atoms with E-state index in [-0.39, 0.29) is 29.1 Å². The van der Waals surface area contributed by atoms with Crippen LogP contribution in [0.25, 0.3) is 16.8 Å². The number of benzene rings is 2. The third kappa shape index (κ3) is 5.12. The molecule has 0 spiro atoms. The molecule has 1 atom stereocenters. The number of aromatic nitrogens is 2. The molecule has 8 heteroatoms. The van der Waals surface area contributed by atoms with Crippen molar-refractivity contribution in [1.82, 2.24) is 14.7 Å². The number of likely N-dealkylation sites (N-methyl/N-ethyl adjacent to an activating group) is 1. The zero-order valence-corrected chi connectivity index (χ0v) is 20.2. The molecule has 1 aromatic heterocycles. The van der Waals surface area contributed by atoms with E-state index < -0.39 is 11.8 Å². The van der Waals surface area contributed by atoms with Crippen molar-refractivity contribution in [2.45, 2.75) is 45.6 Å². The van der Waals surface area contributed by atoms with Crippen LogP contribution in [0.4, 0.5) is 4.39 Å². The van der Waals surface area contributed by atoms with E-state index in [0.717, 1.165) is 12.8 Å². The number of carbonyl (C=O) groups excluding carboxylic acids is 1. The summed E-state index contributed by atoms with van der Waals surface area (Å²) < 4.78 is 22.9. The van der Waals surface area contributed by atoms with Crippen molar-refractivity contribution in [1.29, 1.82) is 0 Å². The molecule has 1 unspecified atom stereocenters. The quantitative estimate of drug-likeness (QED) is 0.435. The smallest absolute Gasteiger partial charge is 0.339 e. The highest BCUT2D eigenvalue weighted by Gasteiger charge is 2.33. The normalized spacial score (nSPS) is 14.1. The number of ether oxygens (including phenoxy) is 1. The molecule has 1 fully saturated rings. The van der Waals surface area contributed by atoms with Crippen LogP contribution in [0, 0.1) is 5.82 Å². The molecule has 0 radical (unpaired) electrons. The Morgan fingerprint density at radius 2 is 1.94 bits per heavy atom. The van der Waals surface area contributed by atoms with E-state index in [2.05, 4.69) is 5.10 Å². The van der Waals surface area contributed by atoms with Gasteiger partial charge in [-0.1, -0.05) is 24.3 Å². The summed E-state index contributed by atoms with van der Waals surface area (Å²) >= 11 is 0. The second-order valence-corrected chi connectivity index (χ2v) is 8.76. The molecule has 35 heavy (non-hydrogen) atoms. The van der Waals surface area contributed by atoms with Crippen molar-refractivity contribution in [2.75, 3.05) is 19.7 Å². The summed E-state index contributed by atoms with van der Waals surface area (Å²) in [5, 5.41) is 13.9. The zero-order chi connectivity index (χ0) is 25.1. The number of hydrogen-bond acceptors (Lipinski definition) is 4. The van der Waals surface area contributed by atoms with E-state index in [0.29, 0.717) is 42.2 Å². The van der Waals surface area contributed by atoms with Crippen molar-refractivity contribution in [3.05, 3.63) is 71.3 Å². The van der Waals surface area contributed by atoms with Gasteiger partial charge in [0.2, 0.25) is 0 Å². The standard InChI is InChI=1S/C27H30FN3O4/c1-4-30(16-17(3)35-5-2)26(32)22-11-7-10-21(24(22)28)19-8-6-9-20(14-19)31-25(18-12-13-18)23(15-29-31)27(33)34/h6-11,14-15,17-18H,4-5,12-13,16H2,1-3H3,(H,33,34). The minimum absolute atomic E-state index is 0.00405. The van der Waals surface area contributed by atoms with Gasteiger partial charge in [-0.2, -0.15) is 5.10 Å². The Morgan fingerprint density at radius 1 is 1.20 bits per heavy atom. The minimum Gasteiger partial charge on any atom is -0.478 e. The first-order valence-corrected chi connectivity index (χ1v) is 12.0. The molecule has 1 aliphatic rings. The van der Waals surface area contributed by atoms with Gasteiger partial charge in [0.15, 0.2) is 0 Å². The molecule has 1 saturated carbocycles. The molecule has 1 amide bonds. The largest absolute Gasteiger partial charge is 0.478 e. The van der Waals surface area contributed by atoms with Crippen LogP contribution in [0.15, 0.2) is 48.7 Å². The predicted molar refractivity (Wildman–Crippen MR) is 131 cm³/mol. The summed E-state index contributed by atoms with van der Waals surface area (Å²) in [6, 6.07) is 11.9. The van der Waals surface area contributed by atoms with Gasteiger partial charge in [0, 0.05) is 31.2 Å². The molecular weight excluding hydrogens is 449 g/mol. The number of rotatable bonds is 10. The Balaban J connectivity index is 1.68. The average Bonchev–Trinajstić information content (AvgIpc) is 3.59. The second kappa shape index (κ2) is 10.4. The predicted octanol–water partition coefficient (Wildman–Crippen LogP) is 5.14. The monoisotopic (exact) mass is 479 g/mol. The van der Waals surface area contributed by atoms with Crippen LogP contribution in [0.1, 0.15) is 65.9 Å². The molecule has 1 heterocycles. The van der Waals surface area contributed by atoms with Gasteiger partial charge in [0.1, 0.15) is 11.4 Å². The highest BCUT2D eigenvalue weighted by molar-refractivity contribution is 5.96. The van der Waals surface area contributed by atoms with Gasteiger partial charge in [0.05, 0.1) is 29.2 Å². The van der Waals surface area contributed by atoms with Gasteiger partial charge in [-0.15, -0.1) is 0 Å². The second-order valence-electron chi connectivity index (χ2n) is 8.76. The van der Waals surface area contributed by atoms with Crippen LogP contribution < -0.4 is 0 Å². The van der Waals surface area contributed by atoms with E-state index in [1.807, 2.05) is 26.8 Å². The van der Waals surface area contributed by atoms with Crippen molar-refractivity contribution in [3.8, 4) is 16.8 Å². The molecule has 7 nitrogen and oxygen atoms in total. The molecule has 184 valence electrons. The first kappa shape index (κ1) is 24.6. The zero-order valence-electron chi connectivity index (χ0n) is 20.2. The van der Waals surface area contributed by atoms with Crippen LogP contribution in [-0.2, 0) is 4.74 Å². The summed E-state index contributed by atoms with van der Waals surface area (Å²) in [5.74, 6) is -1.83. The minimum atomic E-state index is -1.01. The lowest BCUT2D eigenvalue weighted by Gasteiger charge is -2.25. The number of carbonyl (C=O) groups is 2. The third-order valence-electron chi connectivity index (χ3n) is 6.23. The lowest BCUT2D eigenvalue weighted by Crippen LogP contribution is -2.37. The van der Waals surface area contributed by atoms with Crippen LogP contribution >= 0.6 is 0 Å². The maximum atomic E-state index is 15.7. The van der Waals surface area contributed by atoms with Crippen molar-refractivity contribution >= 4 is 11.9 Å². The van der Waals surface area contributed by atoms with Gasteiger partial charge >= 0.3 is 5.97 Å². The number of nitrogens with zero attached hydrogens (tertiary/aromatic N) is 3. The number of carboxylic acids is 1. The van der Waals surface area contributed by atoms with Crippen LogP contribution in [0.3, 0.4) is 0 Å². The third-order valence-corrected chi connectivity index (χ3v) is 6.23. The molecular formula is C27H30FN3O4. The number of carboxylic acid groups (broad SMARTS) is 1. The van der Waals surface area contributed by atoms with E-state index in [9.17, 15) is 14.7 Å². The van der Waals surface area contributed by atoms with Crippen molar-refractivity contribution < 1.29 is 23.8 Å².